The van der Waals surface area contributed by atoms with Crippen LogP contribution >= 0.6 is 11.8 Å². The van der Waals surface area contributed by atoms with Crippen LogP contribution in [0.3, 0.4) is 0 Å². The number of methoxy groups -OCH3 is 1. The van der Waals surface area contributed by atoms with E-state index in [9.17, 15) is 0 Å². The summed E-state index contributed by atoms with van der Waals surface area (Å²) in [6.45, 7) is 0.777. The molecule has 0 aromatic carbocycles. The Morgan fingerprint density at radius 1 is 1.60 bits per heavy atom. The maximum absolute atomic E-state index is 5.23. The first kappa shape index (κ1) is 9.54. The third-order valence-electron chi connectivity index (χ3n) is 3.05. The largest absolute Gasteiger partial charge is 0.382 e. The summed E-state index contributed by atoms with van der Waals surface area (Å²) in [5, 5.41) is 11.0. The number of thioether (sulfide) groups is 1. The van der Waals surface area contributed by atoms with E-state index in [0.717, 1.165) is 18.8 Å². The number of anilines is 1. The summed E-state index contributed by atoms with van der Waals surface area (Å²) in [6.07, 6.45) is 3.49. The molecule has 1 aromatic heterocycles. The van der Waals surface area contributed by atoms with Gasteiger partial charge in [0.1, 0.15) is 0 Å². The van der Waals surface area contributed by atoms with E-state index in [1.165, 1.54) is 29.2 Å². The van der Waals surface area contributed by atoms with Crippen molar-refractivity contribution in [1.29, 1.82) is 0 Å². The Hall–Kier alpha value is -0.680. The van der Waals surface area contributed by atoms with Gasteiger partial charge < -0.3 is 10.1 Å². The number of hydrogen-bond donors (Lipinski definition) is 2. The van der Waals surface area contributed by atoms with Gasteiger partial charge in [-0.2, -0.15) is 5.10 Å². The molecule has 1 fully saturated rings. The van der Waals surface area contributed by atoms with Crippen LogP contribution in [-0.4, -0.2) is 35.2 Å². The maximum Gasteiger partial charge on any atom is 0.162 e. The number of nitrogens with one attached hydrogen (secondary N) is 2. The predicted molar refractivity (Wildman–Crippen MR) is 60.5 cm³/mol. The summed E-state index contributed by atoms with van der Waals surface area (Å²) in [7, 11) is 1.76. The lowest BCUT2D eigenvalue weighted by Gasteiger charge is -2.16. The number of ether oxygens (including phenoxy) is 1. The van der Waals surface area contributed by atoms with E-state index in [4.69, 9.17) is 4.74 Å². The molecular formula is C10H15N3OS. The summed E-state index contributed by atoms with van der Waals surface area (Å²) in [5.74, 6) is 2.21. The second kappa shape index (κ2) is 3.42. The molecule has 0 saturated heterocycles. The van der Waals surface area contributed by atoms with E-state index in [1.807, 2.05) is 11.8 Å². The lowest BCUT2D eigenvalue weighted by molar-refractivity contribution is 0.179. The van der Waals surface area contributed by atoms with Gasteiger partial charge in [-0.1, -0.05) is 0 Å². The molecule has 1 aromatic rings. The summed E-state index contributed by atoms with van der Waals surface area (Å²) in [4.78, 5) is 1.32. The number of nitrogens with zero attached hydrogens (tertiary/aromatic N) is 1. The van der Waals surface area contributed by atoms with Crippen molar-refractivity contribution in [3.8, 4) is 0 Å². The zero-order valence-electron chi connectivity index (χ0n) is 8.80. The van der Waals surface area contributed by atoms with E-state index in [2.05, 4.69) is 15.5 Å². The van der Waals surface area contributed by atoms with Crippen molar-refractivity contribution in [3.63, 3.8) is 0 Å². The monoisotopic (exact) mass is 225 g/mol. The van der Waals surface area contributed by atoms with Crippen molar-refractivity contribution >= 4 is 17.6 Å². The van der Waals surface area contributed by atoms with Crippen molar-refractivity contribution in [1.82, 2.24) is 10.2 Å². The molecule has 0 unspecified atom stereocenters. The Labute approximate surface area is 93.2 Å². The van der Waals surface area contributed by atoms with Crippen molar-refractivity contribution in [3.05, 3.63) is 5.69 Å². The van der Waals surface area contributed by atoms with E-state index in [1.54, 1.807) is 7.11 Å². The molecule has 2 heterocycles. The first-order valence-electron chi connectivity index (χ1n) is 5.30. The highest BCUT2D eigenvalue weighted by Gasteiger charge is 2.44. The lowest BCUT2D eigenvalue weighted by Crippen LogP contribution is -2.27. The zero-order chi connectivity index (χ0) is 10.3. The predicted octanol–water partition coefficient (Wildman–Crippen LogP) is 1.65. The minimum Gasteiger partial charge on any atom is -0.382 e. The molecule has 2 aliphatic rings. The SMILES string of the molecule is COCC1(Nc2n[nH]c3c2SCC3)CC1. The highest BCUT2D eigenvalue weighted by molar-refractivity contribution is 7.99. The molecule has 0 bridgehead atoms. The number of aromatic nitrogens is 2. The van der Waals surface area contributed by atoms with Crippen LogP contribution in [-0.2, 0) is 11.2 Å². The number of hydrogen-bond acceptors (Lipinski definition) is 4. The van der Waals surface area contributed by atoms with E-state index in [-0.39, 0.29) is 5.54 Å². The van der Waals surface area contributed by atoms with Crippen molar-refractivity contribution in [2.45, 2.75) is 29.7 Å². The average molecular weight is 225 g/mol. The van der Waals surface area contributed by atoms with Gasteiger partial charge >= 0.3 is 0 Å². The molecule has 0 radical (unpaired) electrons. The van der Waals surface area contributed by atoms with Crippen LogP contribution in [0.4, 0.5) is 5.82 Å². The van der Waals surface area contributed by atoms with Gasteiger partial charge in [0.05, 0.1) is 22.7 Å². The third-order valence-corrected chi connectivity index (χ3v) is 4.18. The van der Waals surface area contributed by atoms with Crippen molar-refractivity contribution < 1.29 is 4.74 Å². The number of aryl methyl sites for hydroxylation is 1. The van der Waals surface area contributed by atoms with Crippen LogP contribution in [0, 0.1) is 0 Å². The number of fused-ring (bicyclic) bond motifs is 1. The van der Waals surface area contributed by atoms with Gasteiger partial charge in [0.25, 0.3) is 0 Å². The standard InChI is InChI=1S/C10H15N3OS/c1-14-6-10(3-4-10)11-9-8-7(12-13-9)2-5-15-8/h2-6H2,1H3,(H2,11,12,13). The smallest absolute Gasteiger partial charge is 0.162 e. The molecule has 15 heavy (non-hydrogen) atoms. The number of aromatic amines is 1. The molecule has 4 nitrogen and oxygen atoms in total. The molecule has 2 N–H and O–H groups in total. The van der Waals surface area contributed by atoms with Crippen LogP contribution in [0.1, 0.15) is 18.5 Å². The van der Waals surface area contributed by atoms with Gasteiger partial charge in [0.15, 0.2) is 5.82 Å². The van der Waals surface area contributed by atoms with Crippen molar-refractivity contribution in [2.24, 2.45) is 0 Å². The fourth-order valence-corrected chi connectivity index (χ4v) is 3.08. The maximum atomic E-state index is 5.23. The third kappa shape index (κ3) is 1.63. The summed E-state index contributed by atoms with van der Waals surface area (Å²) in [6, 6.07) is 0. The van der Waals surface area contributed by atoms with E-state index >= 15 is 0 Å². The zero-order valence-corrected chi connectivity index (χ0v) is 9.62. The highest BCUT2D eigenvalue weighted by atomic mass is 32.2. The summed E-state index contributed by atoms with van der Waals surface area (Å²) >= 11 is 1.89. The fourth-order valence-electron chi connectivity index (χ4n) is 2.02. The molecule has 3 rings (SSSR count). The van der Waals surface area contributed by atoms with Gasteiger partial charge in [-0.15, -0.1) is 11.8 Å². The molecule has 0 spiro atoms. The van der Waals surface area contributed by atoms with E-state index in [0.29, 0.717) is 0 Å². The van der Waals surface area contributed by atoms with Gasteiger partial charge in [0, 0.05) is 12.9 Å². The number of H-pyrrole nitrogens is 1. The Morgan fingerprint density at radius 2 is 2.47 bits per heavy atom. The van der Waals surface area contributed by atoms with Crippen LogP contribution in [0.15, 0.2) is 4.90 Å². The molecule has 82 valence electrons. The van der Waals surface area contributed by atoms with E-state index < -0.39 is 0 Å². The van der Waals surface area contributed by atoms with Gasteiger partial charge in [-0.25, -0.2) is 0 Å². The van der Waals surface area contributed by atoms with Crippen molar-refractivity contribution in [2.75, 3.05) is 24.8 Å². The van der Waals surface area contributed by atoms with Crippen LogP contribution < -0.4 is 5.32 Å². The fraction of sp³-hybridized carbons (Fsp3) is 0.700. The minimum atomic E-state index is 0.168. The van der Waals surface area contributed by atoms with Gasteiger partial charge in [-0.3, -0.25) is 5.10 Å². The molecule has 1 aliphatic carbocycles. The highest BCUT2D eigenvalue weighted by Crippen LogP contribution is 2.43. The first-order chi connectivity index (χ1) is 7.33. The van der Waals surface area contributed by atoms with Crippen LogP contribution in [0.5, 0.6) is 0 Å². The van der Waals surface area contributed by atoms with Gasteiger partial charge in [-0.05, 0) is 19.3 Å². The van der Waals surface area contributed by atoms with Crippen LogP contribution in [0.2, 0.25) is 0 Å². The minimum absolute atomic E-state index is 0.168. The topological polar surface area (TPSA) is 49.9 Å². The Bertz CT molecular complexity index is 373. The molecular weight excluding hydrogens is 210 g/mol. The lowest BCUT2D eigenvalue weighted by atomic mass is 10.3. The molecule has 0 amide bonds. The second-order valence-corrected chi connectivity index (χ2v) is 5.42. The first-order valence-corrected chi connectivity index (χ1v) is 6.29. The summed E-state index contributed by atoms with van der Waals surface area (Å²) in [5.41, 5.74) is 1.46. The Morgan fingerprint density at radius 3 is 3.20 bits per heavy atom. The average Bonchev–Trinajstić information content (AvgIpc) is 2.69. The summed E-state index contributed by atoms with van der Waals surface area (Å²) < 4.78 is 5.23. The Kier molecular flexibility index (Phi) is 2.17. The van der Waals surface area contributed by atoms with Gasteiger partial charge in [0.2, 0.25) is 0 Å². The molecule has 1 saturated carbocycles. The normalized spacial score (nSPS) is 21.4. The Balaban J connectivity index is 1.77. The molecule has 0 atom stereocenters. The second-order valence-electron chi connectivity index (χ2n) is 4.32. The molecule has 5 heteroatoms. The number of rotatable bonds is 4. The van der Waals surface area contributed by atoms with Crippen LogP contribution in [0.25, 0.3) is 0 Å². The molecule has 1 aliphatic heterocycles. The quantitative estimate of drug-likeness (QED) is 0.818.